The third-order valence-corrected chi connectivity index (χ3v) is 3.85. The van der Waals surface area contributed by atoms with E-state index in [1.807, 2.05) is 50.2 Å². The molecule has 0 aliphatic carbocycles. The molecule has 0 radical (unpaired) electrons. The summed E-state index contributed by atoms with van der Waals surface area (Å²) in [6.45, 7) is 4.06. The van der Waals surface area contributed by atoms with E-state index in [9.17, 15) is 4.79 Å². The van der Waals surface area contributed by atoms with Crippen LogP contribution in [0.2, 0.25) is 0 Å². The Hall–Kier alpha value is -3.28. The minimum Gasteiger partial charge on any atom is -0.366 e. The Morgan fingerprint density at radius 3 is 2.52 bits per heavy atom. The molecule has 3 N–H and O–H groups in total. The molecule has 2 aromatic heterocycles. The van der Waals surface area contributed by atoms with Gasteiger partial charge in [0, 0.05) is 17.3 Å². The summed E-state index contributed by atoms with van der Waals surface area (Å²) in [5, 5.41) is 11.8. The highest BCUT2D eigenvalue weighted by molar-refractivity contribution is 5.93. The Morgan fingerprint density at radius 1 is 1.04 bits per heavy atom. The predicted molar refractivity (Wildman–Crippen MR) is 96.9 cm³/mol. The Bertz CT molecular complexity index is 876. The molecule has 3 aromatic rings. The van der Waals surface area contributed by atoms with Crippen molar-refractivity contribution < 1.29 is 4.79 Å². The first-order valence-corrected chi connectivity index (χ1v) is 7.89. The van der Waals surface area contributed by atoms with Crippen molar-refractivity contribution in [3.63, 3.8) is 0 Å². The first-order valence-electron chi connectivity index (χ1n) is 7.89. The van der Waals surface area contributed by atoms with Gasteiger partial charge in [0.1, 0.15) is 5.82 Å². The highest BCUT2D eigenvalue weighted by atomic mass is 16.1. The lowest BCUT2D eigenvalue weighted by atomic mass is 10.00. The Kier molecular flexibility index (Phi) is 4.43. The number of nitrogens with one attached hydrogen (secondary N) is 1. The Labute approximate surface area is 146 Å². The van der Waals surface area contributed by atoms with Gasteiger partial charge in [-0.1, -0.05) is 18.2 Å². The zero-order valence-corrected chi connectivity index (χ0v) is 14.1. The molecule has 0 unspecified atom stereocenters. The topological polar surface area (TPSA) is 93.8 Å². The number of pyridine rings is 1. The first kappa shape index (κ1) is 16.6. The number of benzene rings is 1. The van der Waals surface area contributed by atoms with Gasteiger partial charge in [-0.3, -0.25) is 9.78 Å². The molecular formula is C19H19N5O. The number of hydrogen-bond acceptors (Lipinski definition) is 5. The van der Waals surface area contributed by atoms with Crippen LogP contribution in [0.3, 0.4) is 0 Å². The summed E-state index contributed by atoms with van der Waals surface area (Å²) < 4.78 is 0. The third-order valence-electron chi connectivity index (χ3n) is 3.85. The van der Waals surface area contributed by atoms with Crippen LogP contribution in [0.1, 0.15) is 29.9 Å². The molecule has 0 aliphatic rings. The molecule has 126 valence electrons. The van der Waals surface area contributed by atoms with Gasteiger partial charge in [-0.25, -0.2) is 0 Å². The zero-order chi connectivity index (χ0) is 17.9. The summed E-state index contributed by atoms with van der Waals surface area (Å²) in [5.41, 5.74) is 7.75. The number of anilines is 1. The summed E-state index contributed by atoms with van der Waals surface area (Å²) >= 11 is 0. The standard InChI is InChI=1S/C19H19N5O/c1-19(2,16-8-3-4-11-21-16)22-17-10-9-15(23-24-17)13-6-5-7-14(12-13)18(20)25/h3-12H,1-2H3,(H2,20,25)(H,22,24). The first-order chi connectivity index (χ1) is 12.0. The van der Waals surface area contributed by atoms with Gasteiger partial charge in [0.2, 0.25) is 5.91 Å². The minimum absolute atomic E-state index is 0.386. The summed E-state index contributed by atoms with van der Waals surface area (Å²) in [7, 11) is 0. The van der Waals surface area contributed by atoms with Crippen LogP contribution < -0.4 is 11.1 Å². The summed E-state index contributed by atoms with van der Waals surface area (Å²) in [6, 6.07) is 16.5. The van der Waals surface area contributed by atoms with Gasteiger partial charge in [-0.15, -0.1) is 10.2 Å². The molecule has 2 heterocycles. The van der Waals surface area contributed by atoms with Crippen molar-refractivity contribution in [1.29, 1.82) is 0 Å². The van der Waals surface area contributed by atoms with Crippen molar-refractivity contribution in [2.45, 2.75) is 19.4 Å². The van der Waals surface area contributed by atoms with E-state index in [4.69, 9.17) is 5.73 Å². The SMILES string of the molecule is CC(C)(Nc1ccc(-c2cccc(C(N)=O)c2)nn1)c1ccccn1. The van der Waals surface area contributed by atoms with E-state index in [1.165, 1.54) is 0 Å². The lowest BCUT2D eigenvalue weighted by molar-refractivity contribution is 0.100. The number of carbonyl (C=O) groups excluding carboxylic acids is 1. The van der Waals surface area contributed by atoms with Crippen LogP contribution in [-0.4, -0.2) is 21.1 Å². The van der Waals surface area contributed by atoms with Gasteiger partial charge in [-0.2, -0.15) is 0 Å². The molecule has 0 aliphatic heterocycles. The smallest absolute Gasteiger partial charge is 0.248 e. The molecule has 0 saturated heterocycles. The number of primary amides is 1. The van der Waals surface area contributed by atoms with E-state index < -0.39 is 5.91 Å². The van der Waals surface area contributed by atoms with Crippen LogP contribution in [0, 0.1) is 0 Å². The van der Waals surface area contributed by atoms with Gasteiger partial charge in [0.05, 0.1) is 16.9 Å². The number of hydrogen-bond donors (Lipinski definition) is 2. The van der Waals surface area contributed by atoms with E-state index in [1.54, 1.807) is 24.4 Å². The van der Waals surface area contributed by atoms with Gasteiger partial charge in [0.15, 0.2) is 0 Å². The number of nitrogens with two attached hydrogens (primary N) is 1. The van der Waals surface area contributed by atoms with E-state index in [-0.39, 0.29) is 5.54 Å². The van der Waals surface area contributed by atoms with E-state index in [2.05, 4.69) is 20.5 Å². The second-order valence-corrected chi connectivity index (χ2v) is 6.21. The molecule has 0 fully saturated rings. The fourth-order valence-electron chi connectivity index (χ4n) is 2.50. The molecule has 25 heavy (non-hydrogen) atoms. The van der Waals surface area contributed by atoms with Crippen LogP contribution in [0.5, 0.6) is 0 Å². The lowest BCUT2D eigenvalue weighted by Gasteiger charge is -2.26. The second kappa shape index (κ2) is 6.68. The largest absolute Gasteiger partial charge is 0.366 e. The number of aromatic nitrogens is 3. The lowest BCUT2D eigenvalue weighted by Crippen LogP contribution is -2.29. The van der Waals surface area contributed by atoms with Crippen LogP contribution in [0.4, 0.5) is 5.82 Å². The minimum atomic E-state index is -0.467. The molecule has 0 saturated carbocycles. The molecule has 1 aromatic carbocycles. The molecule has 6 heteroatoms. The van der Waals surface area contributed by atoms with Gasteiger partial charge in [-0.05, 0) is 50.2 Å². The molecule has 0 bridgehead atoms. The fraction of sp³-hybridized carbons (Fsp3) is 0.158. The predicted octanol–water partition coefficient (Wildman–Crippen LogP) is 2.98. The monoisotopic (exact) mass is 333 g/mol. The maximum Gasteiger partial charge on any atom is 0.248 e. The summed E-state index contributed by atoms with van der Waals surface area (Å²) in [5.74, 6) is 0.177. The highest BCUT2D eigenvalue weighted by Gasteiger charge is 2.22. The van der Waals surface area contributed by atoms with Crippen molar-refractivity contribution >= 4 is 11.7 Å². The average Bonchev–Trinajstić information content (AvgIpc) is 2.63. The summed E-state index contributed by atoms with van der Waals surface area (Å²) in [4.78, 5) is 15.7. The second-order valence-electron chi connectivity index (χ2n) is 6.21. The highest BCUT2D eigenvalue weighted by Crippen LogP contribution is 2.24. The van der Waals surface area contributed by atoms with Crippen LogP contribution in [-0.2, 0) is 5.54 Å². The van der Waals surface area contributed by atoms with Gasteiger partial charge in [0.25, 0.3) is 0 Å². The molecule has 1 amide bonds. The average molecular weight is 333 g/mol. The third kappa shape index (κ3) is 3.80. The van der Waals surface area contributed by atoms with Crippen molar-refractivity contribution in [3.05, 3.63) is 72.1 Å². The number of carbonyl (C=O) groups is 1. The van der Waals surface area contributed by atoms with Crippen LogP contribution in [0.25, 0.3) is 11.3 Å². The quantitative estimate of drug-likeness (QED) is 0.748. The fourth-order valence-corrected chi connectivity index (χ4v) is 2.50. The van der Waals surface area contributed by atoms with E-state index in [0.29, 0.717) is 17.1 Å². The Balaban J connectivity index is 1.81. The molecule has 6 nitrogen and oxygen atoms in total. The normalized spacial score (nSPS) is 11.1. The number of amides is 1. The summed E-state index contributed by atoms with van der Waals surface area (Å²) in [6.07, 6.45) is 1.76. The van der Waals surface area contributed by atoms with Crippen molar-refractivity contribution in [1.82, 2.24) is 15.2 Å². The van der Waals surface area contributed by atoms with Crippen molar-refractivity contribution in [2.75, 3.05) is 5.32 Å². The van der Waals surface area contributed by atoms with Crippen molar-refractivity contribution in [2.24, 2.45) is 5.73 Å². The maximum atomic E-state index is 11.3. The van der Waals surface area contributed by atoms with E-state index in [0.717, 1.165) is 11.3 Å². The van der Waals surface area contributed by atoms with Gasteiger partial charge < -0.3 is 11.1 Å². The molecule has 0 atom stereocenters. The number of rotatable bonds is 5. The molecule has 0 spiro atoms. The zero-order valence-electron chi connectivity index (χ0n) is 14.1. The van der Waals surface area contributed by atoms with Crippen molar-refractivity contribution in [3.8, 4) is 11.3 Å². The van der Waals surface area contributed by atoms with Crippen LogP contribution in [0.15, 0.2) is 60.8 Å². The van der Waals surface area contributed by atoms with Crippen LogP contribution >= 0.6 is 0 Å². The Morgan fingerprint density at radius 2 is 1.88 bits per heavy atom. The van der Waals surface area contributed by atoms with E-state index >= 15 is 0 Å². The molecular weight excluding hydrogens is 314 g/mol. The molecule has 3 rings (SSSR count). The number of nitrogens with zero attached hydrogens (tertiary/aromatic N) is 3. The van der Waals surface area contributed by atoms with Gasteiger partial charge >= 0.3 is 0 Å². The maximum absolute atomic E-state index is 11.3.